The number of piperidine rings is 1. The fourth-order valence-electron chi connectivity index (χ4n) is 4.06. The summed E-state index contributed by atoms with van der Waals surface area (Å²) in [6.45, 7) is 9.18. The number of aromatic nitrogens is 2. The molecule has 1 aliphatic heterocycles. The second-order valence-electron chi connectivity index (χ2n) is 8.67. The summed E-state index contributed by atoms with van der Waals surface area (Å²) in [5.74, 6) is 1.98. The number of hydrogen-bond acceptors (Lipinski definition) is 6. The van der Waals surface area contributed by atoms with Crippen LogP contribution in [0.4, 0.5) is 17.5 Å². The number of halogens is 1. The Hall–Kier alpha value is -2.05. The number of methoxy groups -OCH3 is 1. The summed E-state index contributed by atoms with van der Waals surface area (Å²) in [6, 6.07) is 7.75. The van der Waals surface area contributed by atoms with E-state index in [9.17, 15) is 0 Å². The Balaban J connectivity index is 1.72. The van der Waals surface area contributed by atoms with Crippen molar-refractivity contribution in [1.82, 2.24) is 14.9 Å². The normalized spacial score (nSPS) is 19.2. The molecule has 28 heavy (non-hydrogen) atoms. The largest absolute Gasteiger partial charge is 0.495 e. The van der Waals surface area contributed by atoms with E-state index in [1.807, 2.05) is 18.2 Å². The SMILES string of the molecule is COc1ccc(Nc2nccc(NC3CC(C)(C)N(C)C(C)(C)C3)n2)cc1Cl. The first-order valence-corrected chi connectivity index (χ1v) is 9.93. The lowest BCUT2D eigenvalue weighted by Gasteiger charge is -2.53. The third kappa shape index (κ3) is 4.50. The minimum Gasteiger partial charge on any atom is -0.495 e. The van der Waals surface area contributed by atoms with Crippen LogP contribution in [-0.4, -0.2) is 46.1 Å². The van der Waals surface area contributed by atoms with E-state index in [1.54, 1.807) is 19.4 Å². The number of ether oxygens (including phenoxy) is 1. The van der Waals surface area contributed by atoms with Gasteiger partial charge >= 0.3 is 0 Å². The highest BCUT2D eigenvalue weighted by Gasteiger charge is 2.43. The number of benzene rings is 1. The molecule has 0 spiro atoms. The van der Waals surface area contributed by atoms with Crippen molar-refractivity contribution >= 4 is 29.1 Å². The molecule has 2 aromatic rings. The molecule has 2 heterocycles. The van der Waals surface area contributed by atoms with Crippen LogP contribution in [0.1, 0.15) is 40.5 Å². The Morgan fingerprint density at radius 3 is 2.43 bits per heavy atom. The number of likely N-dealkylation sites (tertiary alicyclic amines) is 1. The van der Waals surface area contributed by atoms with E-state index in [4.69, 9.17) is 16.3 Å². The summed E-state index contributed by atoms with van der Waals surface area (Å²) in [5, 5.41) is 7.35. The van der Waals surface area contributed by atoms with Crippen LogP contribution in [0.5, 0.6) is 5.75 Å². The van der Waals surface area contributed by atoms with Gasteiger partial charge in [-0.3, -0.25) is 4.90 Å². The second-order valence-corrected chi connectivity index (χ2v) is 9.08. The van der Waals surface area contributed by atoms with Crippen LogP contribution >= 0.6 is 11.6 Å². The first kappa shape index (κ1) is 20.7. The quantitative estimate of drug-likeness (QED) is 0.736. The summed E-state index contributed by atoms with van der Waals surface area (Å²) >= 11 is 6.20. The van der Waals surface area contributed by atoms with E-state index in [2.05, 4.69) is 60.2 Å². The maximum absolute atomic E-state index is 6.20. The molecule has 0 atom stereocenters. The van der Waals surface area contributed by atoms with Gasteiger partial charge in [0.2, 0.25) is 5.95 Å². The van der Waals surface area contributed by atoms with Crippen molar-refractivity contribution in [2.24, 2.45) is 0 Å². The van der Waals surface area contributed by atoms with Crippen molar-refractivity contribution in [3.8, 4) is 5.75 Å². The van der Waals surface area contributed by atoms with Gasteiger partial charge in [-0.25, -0.2) is 4.98 Å². The minimum absolute atomic E-state index is 0.118. The topological polar surface area (TPSA) is 62.3 Å². The van der Waals surface area contributed by atoms with Crippen LogP contribution in [0.25, 0.3) is 0 Å². The predicted octanol–water partition coefficient (Wildman–Crippen LogP) is 4.95. The van der Waals surface area contributed by atoms with Gasteiger partial charge in [0.05, 0.1) is 12.1 Å². The fourth-order valence-corrected chi connectivity index (χ4v) is 4.31. The fraction of sp³-hybridized carbons (Fsp3) is 0.524. The average Bonchev–Trinajstić information content (AvgIpc) is 2.60. The van der Waals surface area contributed by atoms with Crippen molar-refractivity contribution in [3.63, 3.8) is 0 Å². The molecular weight excluding hydrogens is 374 g/mol. The Morgan fingerprint density at radius 1 is 1.14 bits per heavy atom. The summed E-state index contributed by atoms with van der Waals surface area (Å²) in [6.07, 6.45) is 3.86. The Morgan fingerprint density at radius 2 is 1.82 bits per heavy atom. The van der Waals surface area contributed by atoms with Crippen molar-refractivity contribution in [2.45, 2.75) is 57.7 Å². The lowest BCUT2D eigenvalue weighted by atomic mass is 9.77. The highest BCUT2D eigenvalue weighted by atomic mass is 35.5. The molecule has 1 aliphatic rings. The molecule has 0 saturated carbocycles. The minimum atomic E-state index is 0.118. The lowest BCUT2D eigenvalue weighted by molar-refractivity contribution is -0.00772. The molecule has 3 rings (SSSR count). The maximum atomic E-state index is 6.20. The zero-order valence-corrected chi connectivity index (χ0v) is 18.3. The Bertz CT molecular complexity index is 821. The van der Waals surface area contributed by atoms with Crippen molar-refractivity contribution in [1.29, 1.82) is 0 Å². The van der Waals surface area contributed by atoms with Gasteiger partial charge in [-0.05, 0) is 71.8 Å². The Kier molecular flexibility index (Phi) is 5.73. The number of hydrogen-bond donors (Lipinski definition) is 2. The van der Waals surface area contributed by atoms with Crippen LogP contribution in [0.15, 0.2) is 30.5 Å². The predicted molar refractivity (Wildman–Crippen MR) is 116 cm³/mol. The zero-order valence-electron chi connectivity index (χ0n) is 17.5. The molecule has 0 radical (unpaired) electrons. The molecule has 0 aliphatic carbocycles. The summed E-state index contributed by atoms with van der Waals surface area (Å²) in [5.41, 5.74) is 1.05. The summed E-state index contributed by atoms with van der Waals surface area (Å²) in [7, 11) is 3.81. The van der Waals surface area contributed by atoms with Crippen LogP contribution < -0.4 is 15.4 Å². The highest BCUT2D eigenvalue weighted by molar-refractivity contribution is 6.32. The first-order chi connectivity index (χ1) is 13.1. The van der Waals surface area contributed by atoms with Gasteiger partial charge in [0, 0.05) is 29.0 Å². The molecule has 1 aromatic heterocycles. The molecule has 1 aromatic carbocycles. The van der Waals surface area contributed by atoms with Gasteiger partial charge in [-0.1, -0.05) is 11.6 Å². The van der Waals surface area contributed by atoms with Crippen molar-refractivity contribution in [3.05, 3.63) is 35.5 Å². The molecule has 2 N–H and O–H groups in total. The molecule has 152 valence electrons. The average molecular weight is 404 g/mol. The number of nitrogens with zero attached hydrogens (tertiary/aromatic N) is 3. The molecule has 0 amide bonds. The van der Waals surface area contributed by atoms with Crippen LogP contribution in [-0.2, 0) is 0 Å². The highest BCUT2D eigenvalue weighted by Crippen LogP contribution is 2.38. The number of nitrogens with one attached hydrogen (secondary N) is 2. The van der Waals surface area contributed by atoms with E-state index >= 15 is 0 Å². The molecule has 7 heteroatoms. The van der Waals surface area contributed by atoms with Crippen molar-refractivity contribution in [2.75, 3.05) is 24.8 Å². The smallest absolute Gasteiger partial charge is 0.229 e. The molecule has 6 nitrogen and oxygen atoms in total. The van der Waals surface area contributed by atoms with Gasteiger partial charge in [-0.2, -0.15) is 4.98 Å². The third-order valence-corrected chi connectivity index (χ3v) is 6.02. The second kappa shape index (κ2) is 7.76. The van der Waals surface area contributed by atoms with Crippen LogP contribution in [0.3, 0.4) is 0 Å². The summed E-state index contributed by atoms with van der Waals surface area (Å²) < 4.78 is 5.19. The standard InChI is InChI=1S/C21H30ClN5O/c1-20(2)12-15(13-21(3,4)27(20)5)24-18-9-10-23-19(26-18)25-14-7-8-17(28-6)16(22)11-14/h7-11,15H,12-13H2,1-6H3,(H2,23,24,25,26). The van der Waals surface area contributed by atoms with Crippen LogP contribution in [0, 0.1) is 0 Å². The van der Waals surface area contributed by atoms with Crippen LogP contribution in [0.2, 0.25) is 5.02 Å². The zero-order chi connectivity index (χ0) is 20.5. The monoisotopic (exact) mass is 403 g/mol. The lowest BCUT2D eigenvalue weighted by Crippen LogP contribution is -2.61. The van der Waals surface area contributed by atoms with E-state index in [-0.39, 0.29) is 11.1 Å². The van der Waals surface area contributed by atoms with Gasteiger partial charge in [0.25, 0.3) is 0 Å². The maximum Gasteiger partial charge on any atom is 0.229 e. The van der Waals surface area contributed by atoms with Gasteiger partial charge < -0.3 is 15.4 Å². The summed E-state index contributed by atoms with van der Waals surface area (Å²) in [4.78, 5) is 11.4. The van der Waals surface area contributed by atoms with E-state index in [0.29, 0.717) is 22.8 Å². The van der Waals surface area contributed by atoms with E-state index < -0.39 is 0 Å². The molecule has 1 saturated heterocycles. The van der Waals surface area contributed by atoms with E-state index in [1.165, 1.54) is 0 Å². The number of rotatable bonds is 5. The van der Waals surface area contributed by atoms with Gasteiger partial charge in [-0.15, -0.1) is 0 Å². The van der Waals surface area contributed by atoms with Crippen molar-refractivity contribution < 1.29 is 4.74 Å². The van der Waals surface area contributed by atoms with E-state index in [0.717, 1.165) is 24.3 Å². The Labute approximate surface area is 172 Å². The first-order valence-electron chi connectivity index (χ1n) is 9.55. The molecule has 1 fully saturated rings. The van der Waals surface area contributed by atoms with Gasteiger partial charge in [0.1, 0.15) is 11.6 Å². The third-order valence-electron chi connectivity index (χ3n) is 5.72. The molecular formula is C21H30ClN5O. The number of anilines is 3. The van der Waals surface area contributed by atoms with Gasteiger partial charge in [0.15, 0.2) is 0 Å². The molecule has 0 bridgehead atoms. The molecule has 0 unspecified atom stereocenters.